The van der Waals surface area contributed by atoms with Crippen LogP contribution in [0.1, 0.15) is 25.7 Å². The fourth-order valence-electron chi connectivity index (χ4n) is 3.26. The summed E-state index contributed by atoms with van der Waals surface area (Å²) in [4.78, 5) is 0. The fraction of sp³-hybridized carbons (Fsp3) is 1.00. The number of hydrazine groups is 3. The van der Waals surface area contributed by atoms with Gasteiger partial charge < -0.3 is 0 Å². The van der Waals surface area contributed by atoms with E-state index >= 15 is 0 Å². The highest BCUT2D eigenvalue weighted by Crippen LogP contribution is 2.18. The lowest BCUT2D eigenvalue weighted by atomic mass is 9.91. The summed E-state index contributed by atoms with van der Waals surface area (Å²) in [5, 5.41) is 13.5. The SMILES string of the molecule is C1CCC2NNNNC2C1.C1CNC2NCCNC2N1. The third-order valence-corrected chi connectivity index (χ3v) is 4.38. The average molecular weight is 284 g/mol. The van der Waals surface area contributed by atoms with Crippen LogP contribution < -0.4 is 43.2 Å². The molecule has 8 N–H and O–H groups in total. The monoisotopic (exact) mass is 284 g/mol. The van der Waals surface area contributed by atoms with Gasteiger partial charge in [-0.25, -0.2) is 10.9 Å². The number of hydrogen-bond donors (Lipinski definition) is 8. The van der Waals surface area contributed by atoms with Crippen LogP contribution in [0.25, 0.3) is 0 Å². The number of nitrogens with one attached hydrogen (secondary N) is 8. The lowest BCUT2D eigenvalue weighted by Crippen LogP contribution is -2.71. The molecule has 20 heavy (non-hydrogen) atoms. The molecule has 0 aromatic carbocycles. The number of rotatable bonds is 0. The first-order valence-electron chi connectivity index (χ1n) is 7.88. The minimum atomic E-state index is 0.433. The molecule has 0 spiro atoms. The van der Waals surface area contributed by atoms with Crippen LogP contribution in [0.3, 0.4) is 0 Å². The number of hydrogen-bond acceptors (Lipinski definition) is 8. The van der Waals surface area contributed by atoms with Gasteiger partial charge in [-0.15, -0.1) is 0 Å². The van der Waals surface area contributed by atoms with Gasteiger partial charge in [0.05, 0.1) is 12.3 Å². The summed E-state index contributed by atoms with van der Waals surface area (Å²) >= 11 is 0. The van der Waals surface area contributed by atoms with E-state index in [4.69, 9.17) is 0 Å². The Hall–Kier alpha value is -0.320. The molecule has 0 bridgehead atoms. The van der Waals surface area contributed by atoms with E-state index in [2.05, 4.69) is 43.2 Å². The lowest BCUT2D eigenvalue weighted by molar-refractivity contribution is 0.153. The third kappa shape index (κ3) is 3.86. The van der Waals surface area contributed by atoms with Crippen LogP contribution in [0.15, 0.2) is 0 Å². The van der Waals surface area contributed by atoms with Gasteiger partial charge in [0.15, 0.2) is 0 Å². The van der Waals surface area contributed by atoms with Crippen molar-refractivity contribution < 1.29 is 0 Å². The van der Waals surface area contributed by atoms with Crippen LogP contribution in [0.4, 0.5) is 0 Å². The molecule has 4 fully saturated rings. The molecular formula is C12H28N8. The van der Waals surface area contributed by atoms with E-state index in [-0.39, 0.29) is 0 Å². The Morgan fingerprint density at radius 2 is 0.950 bits per heavy atom. The molecular weight excluding hydrogens is 256 g/mol. The van der Waals surface area contributed by atoms with Crippen molar-refractivity contribution in [3.8, 4) is 0 Å². The highest BCUT2D eigenvalue weighted by Gasteiger charge is 2.26. The van der Waals surface area contributed by atoms with Crippen LogP contribution in [-0.4, -0.2) is 50.6 Å². The molecule has 1 aliphatic carbocycles. The van der Waals surface area contributed by atoms with Crippen molar-refractivity contribution in [2.24, 2.45) is 0 Å². The maximum atomic E-state index is 3.38. The van der Waals surface area contributed by atoms with Gasteiger partial charge in [0.1, 0.15) is 0 Å². The first kappa shape index (κ1) is 14.6. The van der Waals surface area contributed by atoms with Crippen LogP contribution in [0, 0.1) is 0 Å². The van der Waals surface area contributed by atoms with Gasteiger partial charge in [-0.3, -0.25) is 21.3 Å². The minimum absolute atomic E-state index is 0.433. The molecule has 3 saturated heterocycles. The van der Waals surface area contributed by atoms with E-state index < -0.39 is 0 Å². The van der Waals surface area contributed by atoms with Gasteiger partial charge in [-0.1, -0.05) is 12.8 Å². The Bertz CT molecular complexity index is 209. The van der Waals surface area contributed by atoms with Gasteiger partial charge in [-0.2, -0.15) is 11.1 Å². The van der Waals surface area contributed by atoms with Crippen molar-refractivity contribution in [3.05, 3.63) is 0 Å². The largest absolute Gasteiger partial charge is 0.298 e. The molecule has 0 radical (unpaired) electrons. The molecule has 0 aromatic rings. The van der Waals surface area contributed by atoms with E-state index in [9.17, 15) is 0 Å². The summed E-state index contributed by atoms with van der Waals surface area (Å²) in [7, 11) is 0. The molecule has 0 amide bonds. The third-order valence-electron chi connectivity index (χ3n) is 4.38. The zero-order valence-electron chi connectivity index (χ0n) is 12.0. The summed E-state index contributed by atoms with van der Waals surface area (Å²) in [5.41, 5.74) is 12.1. The van der Waals surface area contributed by atoms with Crippen molar-refractivity contribution in [3.63, 3.8) is 0 Å². The van der Waals surface area contributed by atoms with Gasteiger partial charge >= 0.3 is 0 Å². The average Bonchev–Trinajstić information content (AvgIpc) is 2.56. The Labute approximate surface area is 120 Å². The molecule has 0 aromatic heterocycles. The lowest BCUT2D eigenvalue weighted by Gasteiger charge is -2.38. The predicted molar refractivity (Wildman–Crippen MR) is 78.2 cm³/mol. The Morgan fingerprint density at radius 1 is 0.550 bits per heavy atom. The first-order valence-corrected chi connectivity index (χ1v) is 7.88. The van der Waals surface area contributed by atoms with E-state index in [0.29, 0.717) is 24.4 Å². The normalized spacial score (nSPS) is 40.8. The van der Waals surface area contributed by atoms with Crippen molar-refractivity contribution in [1.29, 1.82) is 0 Å². The summed E-state index contributed by atoms with van der Waals surface area (Å²) < 4.78 is 0. The van der Waals surface area contributed by atoms with Gasteiger partial charge in [0, 0.05) is 38.3 Å². The van der Waals surface area contributed by atoms with Gasteiger partial charge in [0.2, 0.25) is 0 Å². The second-order valence-corrected chi connectivity index (χ2v) is 5.81. The number of fused-ring (bicyclic) bond motifs is 2. The van der Waals surface area contributed by atoms with E-state index in [1.807, 2.05) is 0 Å². The van der Waals surface area contributed by atoms with Crippen LogP contribution >= 0.6 is 0 Å². The van der Waals surface area contributed by atoms with Crippen molar-refractivity contribution >= 4 is 0 Å². The second kappa shape index (κ2) is 7.62. The van der Waals surface area contributed by atoms with E-state index in [1.165, 1.54) is 25.7 Å². The second-order valence-electron chi connectivity index (χ2n) is 5.81. The van der Waals surface area contributed by atoms with E-state index in [1.54, 1.807) is 0 Å². The molecule has 4 aliphatic rings. The molecule has 1 saturated carbocycles. The smallest absolute Gasteiger partial charge is 0.0867 e. The number of piperazine rings is 2. The zero-order valence-corrected chi connectivity index (χ0v) is 12.0. The van der Waals surface area contributed by atoms with Crippen LogP contribution in [0.5, 0.6) is 0 Å². The molecule has 2 atom stereocenters. The van der Waals surface area contributed by atoms with Gasteiger partial charge in [0.25, 0.3) is 0 Å². The topological polar surface area (TPSA) is 96.2 Å². The molecule has 2 unspecified atom stereocenters. The highest BCUT2D eigenvalue weighted by atomic mass is 15.8. The summed E-state index contributed by atoms with van der Waals surface area (Å²) in [6, 6.07) is 1.24. The molecule has 3 aliphatic heterocycles. The fourth-order valence-corrected chi connectivity index (χ4v) is 3.26. The van der Waals surface area contributed by atoms with E-state index in [0.717, 1.165) is 26.2 Å². The summed E-state index contributed by atoms with van der Waals surface area (Å²) in [5.74, 6) is 0. The maximum Gasteiger partial charge on any atom is 0.0867 e. The Balaban J connectivity index is 0.000000121. The quantitative estimate of drug-likeness (QED) is 0.246. The van der Waals surface area contributed by atoms with Gasteiger partial charge in [-0.05, 0) is 12.8 Å². The molecule has 4 rings (SSSR count). The first-order chi connectivity index (χ1) is 9.93. The van der Waals surface area contributed by atoms with Crippen molar-refractivity contribution in [1.82, 2.24) is 43.2 Å². The molecule has 8 nitrogen and oxygen atoms in total. The summed E-state index contributed by atoms with van der Waals surface area (Å²) in [6.45, 7) is 4.26. The summed E-state index contributed by atoms with van der Waals surface area (Å²) in [6.07, 6.45) is 6.15. The molecule has 3 heterocycles. The molecule has 8 heteroatoms. The Morgan fingerprint density at radius 3 is 1.35 bits per heavy atom. The minimum Gasteiger partial charge on any atom is -0.298 e. The van der Waals surface area contributed by atoms with Crippen molar-refractivity contribution in [2.75, 3.05) is 26.2 Å². The van der Waals surface area contributed by atoms with Crippen molar-refractivity contribution in [2.45, 2.75) is 50.1 Å². The Kier molecular flexibility index (Phi) is 5.57. The van der Waals surface area contributed by atoms with Crippen LogP contribution in [-0.2, 0) is 0 Å². The van der Waals surface area contributed by atoms with Crippen LogP contribution in [0.2, 0.25) is 0 Å². The molecule has 116 valence electrons. The predicted octanol–water partition coefficient (Wildman–Crippen LogP) is -2.56. The maximum absolute atomic E-state index is 3.38. The zero-order chi connectivity index (χ0) is 13.6. The highest BCUT2D eigenvalue weighted by molar-refractivity contribution is 4.87. The standard InChI is InChI=1S/2C6H14N4/c1-2-8-6-5(7-1)9-3-4-10-6;1-2-4-6-5(3-1)7-9-10-8-6/h2*5-10H,1-4H2.